The predicted molar refractivity (Wildman–Crippen MR) is 51.3 cm³/mol. The van der Waals surface area contributed by atoms with Gasteiger partial charge in [0.2, 0.25) is 0 Å². The maximum atomic E-state index is 12.9. The van der Waals surface area contributed by atoms with Gasteiger partial charge in [0.05, 0.1) is 6.54 Å². The van der Waals surface area contributed by atoms with Gasteiger partial charge in [0.15, 0.2) is 0 Å². The first kappa shape index (κ1) is 10.3. The smallest absolute Gasteiger partial charge is 0.261 e. The third-order valence-electron chi connectivity index (χ3n) is 3.65. The maximum Gasteiger partial charge on any atom is 0.261 e. The Bertz CT molecular complexity index is 209. The van der Waals surface area contributed by atoms with Gasteiger partial charge in [-0.3, -0.25) is 4.90 Å². The minimum atomic E-state index is -2.46. The summed E-state index contributed by atoms with van der Waals surface area (Å²) in [7, 11) is 0. The highest BCUT2D eigenvalue weighted by Crippen LogP contribution is 2.42. The number of hydrogen-bond donors (Lipinski definition) is 1. The second-order valence-corrected chi connectivity index (χ2v) is 4.87. The Balaban J connectivity index is 1.86. The second-order valence-electron chi connectivity index (χ2n) is 4.87. The van der Waals surface area contributed by atoms with Crippen molar-refractivity contribution in [1.82, 2.24) is 4.90 Å². The third kappa shape index (κ3) is 1.91. The molecule has 0 bridgehead atoms. The fourth-order valence-corrected chi connectivity index (χ4v) is 2.52. The van der Waals surface area contributed by atoms with Crippen molar-refractivity contribution in [3.8, 4) is 0 Å². The quantitative estimate of drug-likeness (QED) is 0.754. The number of likely N-dealkylation sites (tertiary alicyclic amines) is 1. The van der Waals surface area contributed by atoms with E-state index in [0.29, 0.717) is 13.1 Å². The fraction of sp³-hybridized carbons (Fsp3) is 1.00. The molecule has 1 saturated carbocycles. The molecule has 2 aliphatic rings. The molecule has 1 aliphatic carbocycles. The van der Waals surface area contributed by atoms with E-state index < -0.39 is 5.92 Å². The van der Waals surface area contributed by atoms with Gasteiger partial charge >= 0.3 is 0 Å². The standard InChI is InChI=1S/C10H18F2N2/c11-10(12)4-5-14(8-10)7-9(6-13)2-1-3-9/h1-8,13H2. The molecule has 0 radical (unpaired) electrons. The summed E-state index contributed by atoms with van der Waals surface area (Å²) < 4.78 is 25.8. The number of alkyl halides is 2. The molecule has 2 rings (SSSR count). The maximum absolute atomic E-state index is 12.9. The van der Waals surface area contributed by atoms with Crippen molar-refractivity contribution in [2.24, 2.45) is 11.1 Å². The summed E-state index contributed by atoms with van der Waals surface area (Å²) in [6, 6.07) is 0. The lowest BCUT2D eigenvalue weighted by molar-refractivity contribution is 0.00226. The van der Waals surface area contributed by atoms with E-state index in [2.05, 4.69) is 0 Å². The lowest BCUT2D eigenvalue weighted by atomic mass is 9.68. The Morgan fingerprint density at radius 3 is 2.29 bits per heavy atom. The highest BCUT2D eigenvalue weighted by molar-refractivity contribution is 4.94. The first-order chi connectivity index (χ1) is 6.55. The topological polar surface area (TPSA) is 29.3 Å². The minimum absolute atomic E-state index is 0.0215. The van der Waals surface area contributed by atoms with Gasteiger partial charge in [-0.2, -0.15) is 0 Å². The van der Waals surface area contributed by atoms with Crippen LogP contribution in [-0.2, 0) is 0 Å². The Morgan fingerprint density at radius 2 is 1.93 bits per heavy atom. The van der Waals surface area contributed by atoms with Gasteiger partial charge in [0.25, 0.3) is 5.92 Å². The van der Waals surface area contributed by atoms with Crippen LogP contribution in [0, 0.1) is 5.41 Å². The van der Waals surface area contributed by atoms with E-state index in [-0.39, 0.29) is 18.4 Å². The predicted octanol–water partition coefficient (Wildman–Crippen LogP) is 1.46. The van der Waals surface area contributed by atoms with Gasteiger partial charge in [-0.05, 0) is 24.8 Å². The van der Waals surface area contributed by atoms with Crippen molar-refractivity contribution in [1.29, 1.82) is 0 Å². The summed E-state index contributed by atoms with van der Waals surface area (Å²) in [5.74, 6) is -2.46. The second kappa shape index (κ2) is 3.42. The van der Waals surface area contributed by atoms with E-state index >= 15 is 0 Å². The Labute approximate surface area is 83.4 Å². The van der Waals surface area contributed by atoms with E-state index in [9.17, 15) is 8.78 Å². The van der Waals surface area contributed by atoms with Crippen LogP contribution in [0.3, 0.4) is 0 Å². The summed E-state index contributed by atoms with van der Waals surface area (Å²) in [6.07, 6.45) is 3.46. The van der Waals surface area contributed by atoms with Crippen LogP contribution in [0.25, 0.3) is 0 Å². The highest BCUT2D eigenvalue weighted by Gasteiger charge is 2.43. The molecule has 0 unspecified atom stereocenters. The van der Waals surface area contributed by atoms with Crippen LogP contribution in [0.15, 0.2) is 0 Å². The van der Waals surface area contributed by atoms with Crippen LogP contribution >= 0.6 is 0 Å². The monoisotopic (exact) mass is 204 g/mol. The van der Waals surface area contributed by atoms with Gasteiger partial charge in [0, 0.05) is 19.5 Å². The zero-order valence-corrected chi connectivity index (χ0v) is 8.44. The van der Waals surface area contributed by atoms with Crippen LogP contribution in [0.4, 0.5) is 8.78 Å². The van der Waals surface area contributed by atoms with E-state index in [1.807, 2.05) is 4.90 Å². The van der Waals surface area contributed by atoms with E-state index in [4.69, 9.17) is 5.73 Å². The molecule has 0 spiro atoms. The van der Waals surface area contributed by atoms with Crippen LogP contribution in [-0.4, -0.2) is 37.0 Å². The Hall–Kier alpha value is -0.220. The average Bonchev–Trinajstić information content (AvgIpc) is 2.38. The molecule has 0 aromatic rings. The van der Waals surface area contributed by atoms with Crippen LogP contribution in [0.1, 0.15) is 25.7 Å². The summed E-state index contributed by atoms with van der Waals surface area (Å²) in [6.45, 7) is 1.90. The third-order valence-corrected chi connectivity index (χ3v) is 3.65. The van der Waals surface area contributed by atoms with E-state index in [1.54, 1.807) is 0 Å². The molecule has 2 nitrogen and oxygen atoms in total. The highest BCUT2D eigenvalue weighted by atomic mass is 19.3. The van der Waals surface area contributed by atoms with Crippen LogP contribution in [0.2, 0.25) is 0 Å². The molecule has 2 N–H and O–H groups in total. The number of nitrogens with zero attached hydrogens (tertiary/aromatic N) is 1. The first-order valence-corrected chi connectivity index (χ1v) is 5.36. The van der Waals surface area contributed by atoms with Gasteiger partial charge in [-0.25, -0.2) is 8.78 Å². The van der Waals surface area contributed by atoms with Crippen LogP contribution < -0.4 is 5.73 Å². The number of hydrogen-bond acceptors (Lipinski definition) is 2. The van der Waals surface area contributed by atoms with Gasteiger partial charge in [-0.15, -0.1) is 0 Å². The molecule has 1 heterocycles. The Morgan fingerprint density at radius 1 is 1.21 bits per heavy atom. The largest absolute Gasteiger partial charge is 0.330 e. The molecule has 14 heavy (non-hydrogen) atoms. The Kier molecular flexibility index (Phi) is 2.52. The lowest BCUT2D eigenvalue weighted by Gasteiger charge is -2.43. The molecular formula is C10H18F2N2. The lowest BCUT2D eigenvalue weighted by Crippen LogP contribution is -2.46. The SMILES string of the molecule is NCC1(CN2CCC(F)(F)C2)CCC1. The molecule has 1 aliphatic heterocycles. The summed E-state index contributed by atoms with van der Waals surface area (Å²) in [4.78, 5) is 1.88. The molecule has 0 atom stereocenters. The van der Waals surface area contributed by atoms with Crippen molar-refractivity contribution in [3.05, 3.63) is 0 Å². The zero-order valence-electron chi connectivity index (χ0n) is 8.44. The summed E-state index contributed by atoms with van der Waals surface area (Å²) in [5.41, 5.74) is 5.87. The molecule has 82 valence electrons. The molecular weight excluding hydrogens is 186 g/mol. The normalized spacial score (nSPS) is 30.2. The van der Waals surface area contributed by atoms with Crippen molar-refractivity contribution >= 4 is 0 Å². The summed E-state index contributed by atoms with van der Waals surface area (Å²) >= 11 is 0. The van der Waals surface area contributed by atoms with E-state index in [0.717, 1.165) is 19.4 Å². The molecule has 0 aromatic heterocycles. The number of rotatable bonds is 3. The van der Waals surface area contributed by atoms with Crippen LogP contribution in [0.5, 0.6) is 0 Å². The van der Waals surface area contributed by atoms with Gasteiger partial charge in [0.1, 0.15) is 0 Å². The summed E-state index contributed by atoms with van der Waals surface area (Å²) in [5, 5.41) is 0. The molecule has 0 amide bonds. The first-order valence-electron chi connectivity index (χ1n) is 5.36. The van der Waals surface area contributed by atoms with Crippen molar-refractivity contribution in [3.63, 3.8) is 0 Å². The van der Waals surface area contributed by atoms with Gasteiger partial charge in [-0.1, -0.05) is 6.42 Å². The van der Waals surface area contributed by atoms with Crippen molar-refractivity contribution < 1.29 is 8.78 Å². The van der Waals surface area contributed by atoms with E-state index in [1.165, 1.54) is 6.42 Å². The van der Waals surface area contributed by atoms with Crippen molar-refractivity contribution in [2.45, 2.75) is 31.6 Å². The zero-order chi connectivity index (χ0) is 10.2. The number of nitrogens with two attached hydrogens (primary N) is 1. The number of halogens is 2. The van der Waals surface area contributed by atoms with Crippen molar-refractivity contribution in [2.75, 3.05) is 26.2 Å². The van der Waals surface area contributed by atoms with Gasteiger partial charge < -0.3 is 5.73 Å². The average molecular weight is 204 g/mol. The minimum Gasteiger partial charge on any atom is -0.330 e. The molecule has 4 heteroatoms. The molecule has 1 saturated heterocycles. The fourth-order valence-electron chi connectivity index (χ4n) is 2.52. The molecule has 0 aromatic carbocycles. The molecule has 2 fully saturated rings.